The molecule has 0 aliphatic heterocycles. The van der Waals surface area contributed by atoms with Gasteiger partial charge in [-0.3, -0.25) is 0 Å². The number of rotatable bonds is 7. The minimum Gasteiger partial charge on any atom is -0.463 e. The van der Waals surface area contributed by atoms with E-state index in [0.717, 1.165) is 5.57 Å². The van der Waals surface area contributed by atoms with Crippen molar-refractivity contribution in [3.05, 3.63) is 23.8 Å². The quantitative estimate of drug-likeness (QED) is 0.372. The molecule has 0 heterocycles. The van der Waals surface area contributed by atoms with E-state index >= 15 is 0 Å². The Labute approximate surface area is 118 Å². The molecule has 0 aromatic rings. The van der Waals surface area contributed by atoms with Crippen molar-refractivity contribution >= 4 is 5.97 Å². The predicted octanol–water partition coefficient (Wildman–Crippen LogP) is 4.90. The van der Waals surface area contributed by atoms with Crippen molar-refractivity contribution in [3.8, 4) is 0 Å². The lowest BCUT2D eigenvalue weighted by Crippen LogP contribution is -2.05. The third kappa shape index (κ3) is 11.8. The van der Waals surface area contributed by atoms with Crippen LogP contribution in [0.15, 0.2) is 23.8 Å². The van der Waals surface area contributed by atoms with Gasteiger partial charge in [0.25, 0.3) is 0 Å². The second kappa shape index (κ2) is 8.95. The molecule has 0 saturated heterocycles. The van der Waals surface area contributed by atoms with Crippen LogP contribution in [-0.2, 0) is 9.53 Å². The van der Waals surface area contributed by atoms with Gasteiger partial charge in [0.05, 0.1) is 6.61 Å². The summed E-state index contributed by atoms with van der Waals surface area (Å²) in [6.45, 7) is 13.2. The Morgan fingerprint density at radius 1 is 1.32 bits per heavy atom. The Morgan fingerprint density at radius 2 is 1.95 bits per heavy atom. The highest BCUT2D eigenvalue weighted by Gasteiger charge is 2.09. The van der Waals surface area contributed by atoms with Gasteiger partial charge in [-0.25, -0.2) is 4.79 Å². The molecule has 0 aliphatic rings. The summed E-state index contributed by atoms with van der Waals surface area (Å²) in [5.74, 6) is 0.290. The molecule has 0 radical (unpaired) electrons. The summed E-state index contributed by atoms with van der Waals surface area (Å²) in [5, 5.41) is 0. The van der Waals surface area contributed by atoms with Gasteiger partial charge in [-0.05, 0) is 43.6 Å². The van der Waals surface area contributed by atoms with Crippen molar-refractivity contribution in [3.63, 3.8) is 0 Å². The first kappa shape index (κ1) is 17.9. The average Bonchev–Trinajstić information content (AvgIpc) is 2.24. The van der Waals surface area contributed by atoms with Gasteiger partial charge in [0.2, 0.25) is 0 Å². The summed E-state index contributed by atoms with van der Waals surface area (Å²) in [4.78, 5) is 11.2. The van der Waals surface area contributed by atoms with Crippen LogP contribution in [0, 0.1) is 11.3 Å². The molecule has 1 atom stereocenters. The van der Waals surface area contributed by atoms with Crippen molar-refractivity contribution < 1.29 is 9.53 Å². The molecule has 0 N–H and O–H groups in total. The van der Waals surface area contributed by atoms with Crippen molar-refractivity contribution in [1.82, 2.24) is 0 Å². The number of ether oxygens (including phenoxy) is 1. The van der Waals surface area contributed by atoms with E-state index in [2.05, 4.69) is 33.8 Å². The molecule has 2 heteroatoms. The molecule has 2 nitrogen and oxygen atoms in total. The Morgan fingerprint density at radius 3 is 2.47 bits per heavy atom. The van der Waals surface area contributed by atoms with E-state index < -0.39 is 0 Å². The largest absolute Gasteiger partial charge is 0.463 e. The zero-order valence-electron chi connectivity index (χ0n) is 13.5. The van der Waals surface area contributed by atoms with Gasteiger partial charge in [0, 0.05) is 6.08 Å². The van der Waals surface area contributed by atoms with E-state index in [1.807, 2.05) is 19.9 Å². The maximum absolute atomic E-state index is 11.2. The van der Waals surface area contributed by atoms with Crippen molar-refractivity contribution in [2.24, 2.45) is 11.3 Å². The van der Waals surface area contributed by atoms with Crippen LogP contribution in [0.1, 0.15) is 60.8 Å². The second-order valence-corrected chi connectivity index (χ2v) is 6.43. The molecule has 0 rings (SSSR count). The van der Waals surface area contributed by atoms with Crippen LogP contribution in [0.5, 0.6) is 0 Å². The summed E-state index contributed by atoms with van der Waals surface area (Å²) >= 11 is 0. The molecule has 0 spiro atoms. The minimum atomic E-state index is -0.259. The summed E-state index contributed by atoms with van der Waals surface area (Å²) in [7, 11) is 0. The Balaban J connectivity index is 4.07. The Hall–Kier alpha value is -1.05. The lowest BCUT2D eigenvalue weighted by molar-refractivity contribution is -0.137. The van der Waals surface area contributed by atoms with Crippen LogP contribution in [-0.4, -0.2) is 12.6 Å². The molecule has 0 fully saturated rings. The molecular weight excluding hydrogens is 236 g/mol. The lowest BCUT2D eigenvalue weighted by atomic mass is 9.88. The maximum Gasteiger partial charge on any atom is 0.330 e. The van der Waals surface area contributed by atoms with Gasteiger partial charge in [-0.2, -0.15) is 0 Å². The van der Waals surface area contributed by atoms with Crippen molar-refractivity contribution in [2.75, 3.05) is 6.61 Å². The first-order valence-corrected chi connectivity index (χ1v) is 7.28. The molecule has 1 unspecified atom stereocenters. The number of carbonyl (C=O) groups is 1. The van der Waals surface area contributed by atoms with E-state index in [1.54, 1.807) is 6.08 Å². The first-order valence-electron chi connectivity index (χ1n) is 7.28. The van der Waals surface area contributed by atoms with E-state index in [-0.39, 0.29) is 5.97 Å². The predicted molar refractivity (Wildman–Crippen MR) is 82.0 cm³/mol. The average molecular weight is 266 g/mol. The highest BCUT2D eigenvalue weighted by molar-refractivity contribution is 5.83. The van der Waals surface area contributed by atoms with Gasteiger partial charge in [0.15, 0.2) is 0 Å². The maximum atomic E-state index is 11.2. The third-order valence-corrected chi connectivity index (χ3v) is 2.91. The van der Waals surface area contributed by atoms with Crippen molar-refractivity contribution in [1.29, 1.82) is 0 Å². The SMILES string of the molecule is CCOC(=O)/C=C(C)/C=C/C(C)CCCC(C)(C)C. The summed E-state index contributed by atoms with van der Waals surface area (Å²) in [5.41, 5.74) is 1.37. The van der Waals surface area contributed by atoms with Crippen LogP contribution < -0.4 is 0 Å². The first-order chi connectivity index (χ1) is 8.74. The second-order valence-electron chi connectivity index (χ2n) is 6.43. The molecule has 19 heavy (non-hydrogen) atoms. The van der Waals surface area contributed by atoms with Crippen LogP contribution in [0.4, 0.5) is 0 Å². The molecule has 0 bridgehead atoms. The van der Waals surface area contributed by atoms with E-state index in [9.17, 15) is 4.79 Å². The number of hydrogen-bond acceptors (Lipinski definition) is 2. The lowest BCUT2D eigenvalue weighted by Gasteiger charge is -2.18. The molecule has 110 valence electrons. The topological polar surface area (TPSA) is 26.3 Å². The fraction of sp³-hybridized carbons (Fsp3) is 0.706. The number of esters is 1. The Kier molecular flexibility index (Phi) is 8.46. The van der Waals surface area contributed by atoms with Crippen LogP contribution in [0.25, 0.3) is 0 Å². The van der Waals surface area contributed by atoms with Crippen molar-refractivity contribution in [2.45, 2.75) is 60.8 Å². The molecule has 0 amide bonds. The van der Waals surface area contributed by atoms with Crippen LogP contribution in [0.3, 0.4) is 0 Å². The third-order valence-electron chi connectivity index (χ3n) is 2.91. The fourth-order valence-electron chi connectivity index (χ4n) is 1.78. The van der Waals surface area contributed by atoms with E-state index in [1.165, 1.54) is 19.3 Å². The summed E-state index contributed by atoms with van der Waals surface area (Å²) < 4.78 is 4.87. The zero-order valence-corrected chi connectivity index (χ0v) is 13.5. The van der Waals surface area contributed by atoms with Crippen LogP contribution in [0.2, 0.25) is 0 Å². The van der Waals surface area contributed by atoms with Gasteiger partial charge in [-0.15, -0.1) is 0 Å². The summed E-state index contributed by atoms with van der Waals surface area (Å²) in [6, 6.07) is 0. The molecule has 0 aromatic carbocycles. The fourth-order valence-corrected chi connectivity index (χ4v) is 1.78. The Bertz CT molecular complexity index is 319. The molecule has 0 aliphatic carbocycles. The summed E-state index contributed by atoms with van der Waals surface area (Å²) in [6.07, 6.45) is 9.42. The van der Waals surface area contributed by atoms with E-state index in [0.29, 0.717) is 17.9 Å². The zero-order chi connectivity index (χ0) is 14.9. The molecular formula is C17H30O2. The monoisotopic (exact) mass is 266 g/mol. The van der Waals surface area contributed by atoms with Gasteiger partial charge in [-0.1, -0.05) is 46.3 Å². The van der Waals surface area contributed by atoms with Gasteiger partial charge in [0.1, 0.15) is 0 Å². The number of hydrogen-bond donors (Lipinski definition) is 0. The molecule has 0 aromatic heterocycles. The highest BCUT2D eigenvalue weighted by Crippen LogP contribution is 2.23. The normalized spacial score (nSPS) is 14.7. The smallest absolute Gasteiger partial charge is 0.330 e. The van der Waals surface area contributed by atoms with Gasteiger partial charge < -0.3 is 4.74 Å². The van der Waals surface area contributed by atoms with Crippen LogP contribution >= 0.6 is 0 Å². The minimum absolute atomic E-state index is 0.259. The number of carbonyl (C=O) groups excluding carboxylic acids is 1. The molecule has 0 saturated carbocycles. The standard InChI is InChI=1S/C17H30O2/c1-7-19-16(18)13-15(3)11-10-14(2)9-8-12-17(4,5)6/h10-11,13-14H,7-9,12H2,1-6H3/b11-10+,15-13+. The number of allylic oxidation sites excluding steroid dienone is 3. The van der Waals surface area contributed by atoms with Gasteiger partial charge >= 0.3 is 5.97 Å². The highest BCUT2D eigenvalue weighted by atomic mass is 16.5. The van der Waals surface area contributed by atoms with E-state index in [4.69, 9.17) is 4.74 Å².